The van der Waals surface area contributed by atoms with Crippen LogP contribution in [0, 0.1) is 0 Å². The Morgan fingerprint density at radius 3 is 1.84 bits per heavy atom. The van der Waals surface area contributed by atoms with Crippen LogP contribution in [0.15, 0.2) is 116 Å². The number of benzene rings is 6. The lowest BCUT2D eigenvalue weighted by molar-refractivity contribution is 1.36. The quantitative estimate of drug-likeness (QED) is 0.249. The molecule has 0 aliphatic heterocycles. The van der Waals surface area contributed by atoms with Crippen LogP contribution in [-0.2, 0) is 0 Å². The fourth-order valence-electron chi connectivity index (χ4n) is 4.97. The number of hydrogen-bond donors (Lipinski definition) is 0. The van der Waals surface area contributed by atoms with Gasteiger partial charge in [0.1, 0.15) is 0 Å². The molecule has 1 aromatic heterocycles. The van der Waals surface area contributed by atoms with Crippen molar-refractivity contribution in [1.82, 2.24) is 4.98 Å². The molecule has 0 fully saturated rings. The highest BCUT2D eigenvalue weighted by molar-refractivity contribution is 6.10. The van der Waals surface area contributed by atoms with E-state index >= 15 is 0 Å². The summed E-state index contributed by atoms with van der Waals surface area (Å²) >= 11 is 0. The molecule has 0 bridgehead atoms. The Morgan fingerprint density at radius 1 is 0.406 bits per heavy atom. The van der Waals surface area contributed by atoms with Crippen LogP contribution in [0.2, 0.25) is 0 Å². The molecule has 0 unspecified atom stereocenters. The Labute approximate surface area is 185 Å². The molecule has 0 aliphatic rings. The second-order valence-electron chi connectivity index (χ2n) is 8.56. The van der Waals surface area contributed by atoms with Gasteiger partial charge in [-0.2, -0.15) is 0 Å². The van der Waals surface area contributed by atoms with Gasteiger partial charge in [0.25, 0.3) is 0 Å². The summed E-state index contributed by atoms with van der Waals surface area (Å²) in [6.07, 6.45) is 3.79. The predicted molar refractivity (Wildman–Crippen MR) is 137 cm³/mol. The van der Waals surface area contributed by atoms with Crippen molar-refractivity contribution < 1.29 is 0 Å². The van der Waals surface area contributed by atoms with Gasteiger partial charge in [0, 0.05) is 17.8 Å². The Hall–Kier alpha value is -4.23. The number of pyridine rings is 1. The first-order valence-electron chi connectivity index (χ1n) is 11.0. The smallest absolute Gasteiger partial charge is 0.0346 e. The standard InChI is InChI=1S/C31H19N/c1-2-5-22-13-26-17-28-18-31-23(14-27(28)16-25(26)12-21(22)4-1)6-3-7-30(31)24-9-8-20-10-11-32-19-29(20)15-24/h1-19H. The molecule has 7 rings (SSSR count). The van der Waals surface area contributed by atoms with E-state index in [0.29, 0.717) is 0 Å². The van der Waals surface area contributed by atoms with Gasteiger partial charge in [-0.05, 0) is 108 Å². The normalized spacial score (nSPS) is 11.8. The van der Waals surface area contributed by atoms with Crippen molar-refractivity contribution in [3.63, 3.8) is 0 Å². The molecular formula is C31H19N. The van der Waals surface area contributed by atoms with Crippen LogP contribution in [-0.4, -0.2) is 4.98 Å². The Kier molecular flexibility index (Phi) is 3.62. The van der Waals surface area contributed by atoms with E-state index in [4.69, 9.17) is 0 Å². The molecule has 1 heterocycles. The highest BCUT2D eigenvalue weighted by Crippen LogP contribution is 2.35. The number of fused-ring (bicyclic) bond motifs is 5. The van der Waals surface area contributed by atoms with E-state index in [1.54, 1.807) is 0 Å². The molecule has 148 valence electrons. The van der Waals surface area contributed by atoms with Crippen molar-refractivity contribution in [2.24, 2.45) is 0 Å². The molecule has 1 nitrogen and oxygen atoms in total. The lowest BCUT2D eigenvalue weighted by Crippen LogP contribution is -1.85. The maximum Gasteiger partial charge on any atom is 0.0346 e. The van der Waals surface area contributed by atoms with E-state index in [1.807, 2.05) is 12.4 Å². The number of aromatic nitrogens is 1. The van der Waals surface area contributed by atoms with Gasteiger partial charge in [-0.15, -0.1) is 0 Å². The van der Waals surface area contributed by atoms with Crippen LogP contribution in [0.4, 0.5) is 0 Å². The molecule has 7 aromatic rings. The SMILES string of the molecule is c1ccc2cc3cc4cc5c(-c6ccc7ccncc7c6)cccc5cc4cc3cc2c1. The van der Waals surface area contributed by atoms with Crippen molar-refractivity contribution in [3.05, 3.63) is 116 Å². The molecule has 0 spiro atoms. The third-order valence-electron chi connectivity index (χ3n) is 6.61. The Bertz CT molecular complexity index is 1830. The number of nitrogens with zero attached hydrogens (tertiary/aromatic N) is 1. The summed E-state index contributed by atoms with van der Waals surface area (Å²) in [5, 5.41) is 12.6. The van der Waals surface area contributed by atoms with E-state index in [0.717, 1.165) is 0 Å². The molecule has 0 saturated heterocycles. The average molecular weight is 406 g/mol. The molecule has 0 radical (unpaired) electrons. The molecule has 0 aliphatic carbocycles. The summed E-state index contributed by atoms with van der Waals surface area (Å²) in [6, 6.07) is 37.8. The van der Waals surface area contributed by atoms with Gasteiger partial charge >= 0.3 is 0 Å². The van der Waals surface area contributed by atoms with E-state index < -0.39 is 0 Å². The van der Waals surface area contributed by atoms with Crippen LogP contribution in [0.5, 0.6) is 0 Å². The summed E-state index contributed by atoms with van der Waals surface area (Å²) < 4.78 is 0. The van der Waals surface area contributed by atoms with Crippen molar-refractivity contribution >= 4 is 53.9 Å². The first-order chi connectivity index (χ1) is 15.8. The van der Waals surface area contributed by atoms with Crippen molar-refractivity contribution in [2.45, 2.75) is 0 Å². The molecule has 6 aromatic carbocycles. The van der Waals surface area contributed by atoms with Gasteiger partial charge in [-0.3, -0.25) is 4.98 Å². The topological polar surface area (TPSA) is 12.9 Å². The van der Waals surface area contributed by atoms with Crippen molar-refractivity contribution in [1.29, 1.82) is 0 Å². The van der Waals surface area contributed by atoms with E-state index in [2.05, 4.69) is 108 Å². The van der Waals surface area contributed by atoms with Gasteiger partial charge in [0.15, 0.2) is 0 Å². The average Bonchev–Trinajstić information content (AvgIpc) is 2.84. The third kappa shape index (κ3) is 2.68. The zero-order valence-electron chi connectivity index (χ0n) is 17.4. The molecule has 0 N–H and O–H groups in total. The number of hydrogen-bond acceptors (Lipinski definition) is 1. The Morgan fingerprint density at radius 2 is 1.06 bits per heavy atom. The zero-order chi connectivity index (χ0) is 21.1. The van der Waals surface area contributed by atoms with Crippen LogP contribution in [0.25, 0.3) is 65.0 Å². The van der Waals surface area contributed by atoms with Crippen LogP contribution in [0.3, 0.4) is 0 Å². The fourth-order valence-corrected chi connectivity index (χ4v) is 4.97. The van der Waals surface area contributed by atoms with Crippen molar-refractivity contribution in [2.75, 3.05) is 0 Å². The largest absolute Gasteiger partial charge is 0.264 e. The van der Waals surface area contributed by atoms with Crippen LogP contribution in [0.1, 0.15) is 0 Å². The number of rotatable bonds is 1. The third-order valence-corrected chi connectivity index (χ3v) is 6.61. The molecule has 1 heteroatoms. The monoisotopic (exact) mass is 405 g/mol. The molecule has 0 amide bonds. The maximum atomic E-state index is 4.30. The highest BCUT2D eigenvalue weighted by atomic mass is 14.6. The highest BCUT2D eigenvalue weighted by Gasteiger charge is 2.08. The van der Waals surface area contributed by atoms with E-state index in [-0.39, 0.29) is 0 Å². The first-order valence-corrected chi connectivity index (χ1v) is 11.0. The second kappa shape index (κ2) is 6.63. The van der Waals surface area contributed by atoms with Crippen LogP contribution < -0.4 is 0 Å². The lowest BCUT2D eigenvalue weighted by atomic mass is 9.93. The van der Waals surface area contributed by atoms with E-state index in [1.165, 1.54) is 65.0 Å². The summed E-state index contributed by atoms with van der Waals surface area (Å²) in [5.41, 5.74) is 2.48. The van der Waals surface area contributed by atoms with Gasteiger partial charge in [-0.25, -0.2) is 0 Å². The molecular weight excluding hydrogens is 386 g/mol. The predicted octanol–water partition coefficient (Wildman–Crippen LogP) is 8.51. The van der Waals surface area contributed by atoms with E-state index in [9.17, 15) is 0 Å². The second-order valence-corrected chi connectivity index (χ2v) is 8.56. The minimum Gasteiger partial charge on any atom is -0.264 e. The van der Waals surface area contributed by atoms with Gasteiger partial charge in [-0.1, -0.05) is 54.6 Å². The maximum absolute atomic E-state index is 4.30. The first kappa shape index (κ1) is 17.5. The molecule has 32 heavy (non-hydrogen) atoms. The summed E-state index contributed by atoms with van der Waals surface area (Å²) in [6.45, 7) is 0. The molecule has 0 atom stereocenters. The molecule has 0 saturated carbocycles. The van der Waals surface area contributed by atoms with Crippen molar-refractivity contribution in [3.8, 4) is 11.1 Å². The van der Waals surface area contributed by atoms with Gasteiger partial charge < -0.3 is 0 Å². The van der Waals surface area contributed by atoms with Crippen LogP contribution >= 0.6 is 0 Å². The minimum atomic E-state index is 1.17. The summed E-state index contributed by atoms with van der Waals surface area (Å²) in [5.74, 6) is 0. The fraction of sp³-hybridized carbons (Fsp3) is 0. The summed E-state index contributed by atoms with van der Waals surface area (Å²) in [4.78, 5) is 4.30. The zero-order valence-corrected chi connectivity index (χ0v) is 17.4. The summed E-state index contributed by atoms with van der Waals surface area (Å²) in [7, 11) is 0. The minimum absolute atomic E-state index is 1.17. The van der Waals surface area contributed by atoms with Gasteiger partial charge in [0.2, 0.25) is 0 Å². The lowest BCUT2D eigenvalue weighted by Gasteiger charge is -2.11. The Balaban J connectivity index is 1.50. The van der Waals surface area contributed by atoms with Gasteiger partial charge in [0.05, 0.1) is 0 Å².